The Morgan fingerprint density at radius 1 is 1.11 bits per heavy atom. The first-order valence-electron chi connectivity index (χ1n) is 9.54. The molecule has 1 fully saturated rings. The highest BCUT2D eigenvalue weighted by Crippen LogP contribution is 2.31. The van der Waals surface area contributed by atoms with Gasteiger partial charge in [-0.3, -0.25) is 0 Å². The fourth-order valence-electron chi connectivity index (χ4n) is 3.49. The standard InChI is InChI=1S/C21H29N5O/c1-6-25-11-13-26(14-12-25)21-20(16(3)22-17(4)24-21)23-15(2)18-9-7-8-10-19(18)27-5/h7-10H,6,11-14H2,1-5H3. The summed E-state index contributed by atoms with van der Waals surface area (Å²) in [5.41, 5.74) is 3.65. The Morgan fingerprint density at radius 2 is 1.81 bits per heavy atom. The van der Waals surface area contributed by atoms with E-state index in [9.17, 15) is 0 Å². The van der Waals surface area contributed by atoms with Gasteiger partial charge in [-0.05, 0) is 39.4 Å². The molecule has 3 rings (SSSR count). The van der Waals surface area contributed by atoms with Crippen molar-refractivity contribution in [1.29, 1.82) is 0 Å². The number of hydrogen-bond donors (Lipinski definition) is 0. The van der Waals surface area contributed by atoms with Crippen LogP contribution in [0, 0.1) is 13.8 Å². The number of aryl methyl sites for hydroxylation is 2. The molecule has 144 valence electrons. The molecule has 0 N–H and O–H groups in total. The van der Waals surface area contributed by atoms with Crippen molar-refractivity contribution < 1.29 is 4.74 Å². The van der Waals surface area contributed by atoms with Gasteiger partial charge in [0, 0.05) is 37.5 Å². The molecular weight excluding hydrogens is 338 g/mol. The lowest BCUT2D eigenvalue weighted by Gasteiger charge is -2.35. The molecule has 27 heavy (non-hydrogen) atoms. The van der Waals surface area contributed by atoms with Gasteiger partial charge in [-0.2, -0.15) is 0 Å². The molecule has 1 aliphatic heterocycles. The molecule has 1 aliphatic rings. The summed E-state index contributed by atoms with van der Waals surface area (Å²) in [6.07, 6.45) is 0. The van der Waals surface area contributed by atoms with Crippen LogP contribution in [-0.4, -0.2) is 60.4 Å². The number of likely N-dealkylation sites (N-methyl/N-ethyl adjacent to an activating group) is 1. The first-order valence-corrected chi connectivity index (χ1v) is 9.54. The highest BCUT2D eigenvalue weighted by Gasteiger charge is 2.22. The van der Waals surface area contributed by atoms with Crippen molar-refractivity contribution >= 4 is 17.2 Å². The van der Waals surface area contributed by atoms with Crippen LogP contribution in [0.2, 0.25) is 0 Å². The van der Waals surface area contributed by atoms with E-state index in [-0.39, 0.29) is 0 Å². The minimum Gasteiger partial charge on any atom is -0.496 e. The average Bonchev–Trinajstić information content (AvgIpc) is 2.69. The van der Waals surface area contributed by atoms with E-state index in [4.69, 9.17) is 14.7 Å². The van der Waals surface area contributed by atoms with Crippen molar-refractivity contribution in [3.63, 3.8) is 0 Å². The minimum atomic E-state index is 0.786. The van der Waals surface area contributed by atoms with Crippen LogP contribution >= 0.6 is 0 Å². The van der Waals surface area contributed by atoms with Gasteiger partial charge >= 0.3 is 0 Å². The number of benzene rings is 1. The molecule has 1 saturated heterocycles. The van der Waals surface area contributed by atoms with Gasteiger partial charge in [0.2, 0.25) is 0 Å². The second-order valence-electron chi connectivity index (χ2n) is 6.85. The monoisotopic (exact) mass is 367 g/mol. The van der Waals surface area contributed by atoms with Crippen molar-refractivity contribution in [1.82, 2.24) is 14.9 Å². The number of ether oxygens (including phenoxy) is 1. The van der Waals surface area contributed by atoms with E-state index >= 15 is 0 Å². The van der Waals surface area contributed by atoms with Gasteiger partial charge in [0.1, 0.15) is 17.3 Å². The van der Waals surface area contributed by atoms with Crippen LogP contribution in [0.25, 0.3) is 0 Å². The molecule has 0 aliphatic carbocycles. The molecule has 0 amide bonds. The Morgan fingerprint density at radius 3 is 2.48 bits per heavy atom. The summed E-state index contributed by atoms with van der Waals surface area (Å²) in [6, 6.07) is 7.95. The highest BCUT2D eigenvalue weighted by molar-refractivity contribution is 6.03. The number of piperazine rings is 1. The van der Waals surface area contributed by atoms with E-state index in [2.05, 4.69) is 21.7 Å². The number of para-hydroxylation sites is 1. The zero-order valence-corrected chi connectivity index (χ0v) is 17.0. The molecule has 1 aromatic heterocycles. The summed E-state index contributed by atoms with van der Waals surface area (Å²) in [6.45, 7) is 13.3. The maximum absolute atomic E-state index is 5.50. The van der Waals surface area contributed by atoms with Gasteiger partial charge in [0.15, 0.2) is 5.82 Å². The maximum Gasteiger partial charge on any atom is 0.158 e. The van der Waals surface area contributed by atoms with Gasteiger partial charge in [0.25, 0.3) is 0 Å². The number of hydrogen-bond acceptors (Lipinski definition) is 6. The topological polar surface area (TPSA) is 53.9 Å². The van der Waals surface area contributed by atoms with Gasteiger partial charge < -0.3 is 14.5 Å². The number of nitrogens with zero attached hydrogens (tertiary/aromatic N) is 5. The summed E-state index contributed by atoms with van der Waals surface area (Å²) in [4.78, 5) is 19.1. The van der Waals surface area contributed by atoms with E-state index in [1.807, 2.05) is 45.0 Å². The normalized spacial score (nSPS) is 15.9. The molecule has 1 aromatic carbocycles. The van der Waals surface area contributed by atoms with Crippen molar-refractivity contribution in [2.45, 2.75) is 27.7 Å². The van der Waals surface area contributed by atoms with E-state index in [0.717, 1.165) is 72.8 Å². The third-order valence-electron chi connectivity index (χ3n) is 5.05. The predicted octanol–water partition coefficient (Wildman–Crippen LogP) is 3.38. The van der Waals surface area contributed by atoms with Gasteiger partial charge in [-0.15, -0.1) is 0 Å². The molecule has 0 saturated carbocycles. The number of methoxy groups -OCH3 is 1. The third kappa shape index (κ3) is 4.27. The number of aliphatic imine (C=N–C) groups is 1. The first kappa shape index (κ1) is 19.3. The van der Waals surface area contributed by atoms with Crippen molar-refractivity contribution in [3.8, 4) is 5.75 Å². The molecule has 0 bridgehead atoms. The Bertz CT molecular complexity index is 825. The molecule has 0 unspecified atom stereocenters. The van der Waals surface area contributed by atoms with E-state index in [1.54, 1.807) is 7.11 Å². The van der Waals surface area contributed by atoms with Crippen LogP contribution in [0.3, 0.4) is 0 Å². The van der Waals surface area contributed by atoms with E-state index in [1.165, 1.54) is 0 Å². The van der Waals surface area contributed by atoms with Crippen LogP contribution < -0.4 is 9.64 Å². The molecular formula is C21H29N5O. The Labute approximate surface area is 161 Å². The summed E-state index contributed by atoms with van der Waals surface area (Å²) >= 11 is 0. The van der Waals surface area contributed by atoms with E-state index in [0.29, 0.717) is 0 Å². The second-order valence-corrected chi connectivity index (χ2v) is 6.85. The average molecular weight is 367 g/mol. The summed E-state index contributed by atoms with van der Waals surface area (Å²) in [5.74, 6) is 2.54. The van der Waals surface area contributed by atoms with Crippen molar-refractivity contribution in [3.05, 3.63) is 41.3 Å². The number of aromatic nitrogens is 2. The molecule has 0 spiro atoms. The van der Waals surface area contributed by atoms with Crippen LogP contribution in [-0.2, 0) is 0 Å². The fourth-order valence-corrected chi connectivity index (χ4v) is 3.49. The lowest BCUT2D eigenvalue weighted by atomic mass is 10.1. The van der Waals surface area contributed by atoms with Crippen LogP contribution in [0.15, 0.2) is 29.3 Å². The second kappa shape index (κ2) is 8.48. The molecule has 0 radical (unpaired) electrons. The largest absolute Gasteiger partial charge is 0.496 e. The van der Waals surface area contributed by atoms with Gasteiger partial charge in [-0.1, -0.05) is 19.1 Å². The third-order valence-corrected chi connectivity index (χ3v) is 5.05. The van der Waals surface area contributed by atoms with E-state index < -0.39 is 0 Å². The zero-order chi connectivity index (χ0) is 19.4. The number of anilines is 1. The van der Waals surface area contributed by atoms with Crippen LogP contribution in [0.4, 0.5) is 11.5 Å². The van der Waals surface area contributed by atoms with Gasteiger partial charge in [-0.25, -0.2) is 15.0 Å². The molecule has 2 aromatic rings. The quantitative estimate of drug-likeness (QED) is 0.758. The Hall–Kier alpha value is -2.47. The van der Waals surface area contributed by atoms with Crippen LogP contribution in [0.5, 0.6) is 5.75 Å². The predicted molar refractivity (Wildman–Crippen MR) is 111 cm³/mol. The van der Waals surface area contributed by atoms with Crippen LogP contribution in [0.1, 0.15) is 30.9 Å². The summed E-state index contributed by atoms with van der Waals surface area (Å²) in [5, 5.41) is 0. The molecule has 6 nitrogen and oxygen atoms in total. The Balaban J connectivity index is 2.00. The van der Waals surface area contributed by atoms with Gasteiger partial charge in [0.05, 0.1) is 12.8 Å². The summed E-state index contributed by atoms with van der Waals surface area (Å²) < 4.78 is 5.50. The lowest BCUT2D eigenvalue weighted by molar-refractivity contribution is 0.270. The smallest absolute Gasteiger partial charge is 0.158 e. The summed E-state index contributed by atoms with van der Waals surface area (Å²) in [7, 11) is 1.69. The molecule has 2 heterocycles. The molecule has 0 atom stereocenters. The lowest BCUT2D eigenvalue weighted by Crippen LogP contribution is -2.46. The first-order chi connectivity index (χ1) is 13.0. The SMILES string of the molecule is CCN1CCN(c2nc(C)nc(C)c2N=C(C)c2ccccc2OC)CC1. The maximum atomic E-state index is 5.50. The minimum absolute atomic E-state index is 0.786. The Kier molecular flexibility index (Phi) is 6.06. The fraction of sp³-hybridized carbons (Fsp3) is 0.476. The van der Waals surface area contributed by atoms with Crippen molar-refractivity contribution in [2.24, 2.45) is 4.99 Å². The zero-order valence-electron chi connectivity index (χ0n) is 17.0. The van der Waals surface area contributed by atoms with Crippen molar-refractivity contribution in [2.75, 3.05) is 44.7 Å². The highest BCUT2D eigenvalue weighted by atomic mass is 16.5. The molecule has 6 heteroatoms. The number of rotatable bonds is 5.